The number of fused-ring (bicyclic) bond motifs is 2. The van der Waals surface area contributed by atoms with Gasteiger partial charge in [-0.3, -0.25) is 4.79 Å². The maximum absolute atomic E-state index is 13.8. The highest BCUT2D eigenvalue weighted by atomic mass is 32.1. The van der Waals surface area contributed by atoms with Crippen LogP contribution in [0.4, 0.5) is 5.82 Å². The first kappa shape index (κ1) is 19.9. The third-order valence-corrected chi connectivity index (χ3v) is 7.15. The Morgan fingerprint density at radius 3 is 2.24 bits per heavy atom. The summed E-state index contributed by atoms with van der Waals surface area (Å²) in [5.41, 5.74) is 5.05. The lowest BCUT2D eigenvalue weighted by Crippen LogP contribution is -2.24. The average molecular weight is 451 g/mol. The summed E-state index contributed by atoms with van der Waals surface area (Å²) in [6, 6.07) is 27.9. The van der Waals surface area contributed by atoms with Gasteiger partial charge in [0.15, 0.2) is 0 Å². The van der Waals surface area contributed by atoms with Gasteiger partial charge >= 0.3 is 0 Å². The van der Waals surface area contributed by atoms with Gasteiger partial charge in [0, 0.05) is 5.56 Å². The number of para-hydroxylation sites is 1. The second kappa shape index (κ2) is 8.30. The number of nitrogens with one attached hydrogen (secondary N) is 1. The average Bonchev–Trinajstić information content (AvgIpc) is 3.56. The summed E-state index contributed by atoms with van der Waals surface area (Å²) >= 11 is 1.59. The maximum Gasteiger partial charge on any atom is 0.237 e. The fourth-order valence-electron chi connectivity index (χ4n) is 4.58. The first-order valence-corrected chi connectivity index (χ1v) is 12.0. The van der Waals surface area contributed by atoms with Crippen LogP contribution in [0, 0.1) is 0 Å². The maximum atomic E-state index is 13.8. The van der Waals surface area contributed by atoms with Crippen molar-refractivity contribution in [3.8, 4) is 5.13 Å². The van der Waals surface area contributed by atoms with E-state index in [9.17, 15) is 4.79 Å². The lowest BCUT2D eigenvalue weighted by molar-refractivity contribution is -0.116. The normalized spacial score (nSPS) is 12.9. The number of benzene rings is 3. The van der Waals surface area contributed by atoms with Crippen LogP contribution in [-0.2, 0) is 17.6 Å². The van der Waals surface area contributed by atoms with E-state index in [0.29, 0.717) is 0 Å². The number of hydrogen-bond acceptors (Lipinski definition) is 4. The van der Waals surface area contributed by atoms with Crippen LogP contribution in [0.25, 0.3) is 15.3 Å². The minimum Gasteiger partial charge on any atom is -0.309 e. The monoisotopic (exact) mass is 450 g/mol. The largest absolute Gasteiger partial charge is 0.309 e. The molecule has 0 radical (unpaired) electrons. The summed E-state index contributed by atoms with van der Waals surface area (Å²) < 4.78 is 2.94. The zero-order valence-corrected chi connectivity index (χ0v) is 18.8. The number of carbonyl (C=O) groups is 1. The summed E-state index contributed by atoms with van der Waals surface area (Å²) in [6.45, 7) is 0. The SMILES string of the molecule is O=C(Nc1c2c(nn1-c1nc3ccccc3s1)CCC2)C(c1ccccc1)c1ccccc1. The molecule has 6 heteroatoms. The van der Waals surface area contributed by atoms with Gasteiger partial charge in [-0.15, -0.1) is 0 Å². The van der Waals surface area contributed by atoms with Crippen molar-refractivity contribution in [3.63, 3.8) is 0 Å². The smallest absolute Gasteiger partial charge is 0.237 e. The topological polar surface area (TPSA) is 59.8 Å². The molecule has 162 valence electrons. The number of anilines is 1. The molecule has 2 aromatic heterocycles. The molecular formula is C27H22N4OS. The van der Waals surface area contributed by atoms with Crippen LogP contribution in [0.1, 0.15) is 34.7 Å². The molecular weight excluding hydrogens is 428 g/mol. The Hall–Kier alpha value is -3.77. The van der Waals surface area contributed by atoms with Crippen LogP contribution in [0.2, 0.25) is 0 Å². The lowest BCUT2D eigenvalue weighted by atomic mass is 9.90. The van der Waals surface area contributed by atoms with Gasteiger partial charge in [0.25, 0.3) is 0 Å². The fraction of sp³-hybridized carbons (Fsp3) is 0.148. The van der Waals surface area contributed by atoms with Gasteiger partial charge in [0.1, 0.15) is 5.82 Å². The molecule has 0 bridgehead atoms. The quantitative estimate of drug-likeness (QED) is 0.371. The first-order chi connectivity index (χ1) is 16.3. The highest BCUT2D eigenvalue weighted by molar-refractivity contribution is 7.20. The first-order valence-electron chi connectivity index (χ1n) is 11.2. The Labute approximate surface area is 195 Å². The van der Waals surface area contributed by atoms with E-state index in [2.05, 4.69) is 11.4 Å². The van der Waals surface area contributed by atoms with Gasteiger partial charge in [-0.1, -0.05) is 84.1 Å². The predicted octanol–water partition coefficient (Wildman–Crippen LogP) is 5.74. The number of nitrogens with zero attached hydrogens (tertiary/aromatic N) is 3. The Morgan fingerprint density at radius 1 is 0.879 bits per heavy atom. The molecule has 0 saturated carbocycles. The molecule has 0 unspecified atom stereocenters. The van der Waals surface area contributed by atoms with Crippen molar-refractivity contribution >= 4 is 33.3 Å². The molecule has 33 heavy (non-hydrogen) atoms. The molecule has 0 saturated heterocycles. The van der Waals surface area contributed by atoms with Gasteiger partial charge in [-0.05, 0) is 42.5 Å². The second-order valence-corrected chi connectivity index (χ2v) is 9.26. The van der Waals surface area contributed by atoms with E-state index in [1.165, 1.54) is 0 Å². The third kappa shape index (κ3) is 3.62. The summed E-state index contributed by atoms with van der Waals surface area (Å²) in [4.78, 5) is 18.6. The molecule has 5 aromatic rings. The van der Waals surface area contributed by atoms with Crippen molar-refractivity contribution in [2.45, 2.75) is 25.2 Å². The highest BCUT2D eigenvalue weighted by Gasteiger charge is 2.29. The highest BCUT2D eigenvalue weighted by Crippen LogP contribution is 2.35. The number of thiazole rings is 1. The number of hydrogen-bond donors (Lipinski definition) is 1. The van der Waals surface area contributed by atoms with Crippen LogP contribution < -0.4 is 5.32 Å². The predicted molar refractivity (Wildman–Crippen MR) is 132 cm³/mol. The molecule has 6 rings (SSSR count). The summed E-state index contributed by atoms with van der Waals surface area (Å²) in [7, 11) is 0. The Balaban J connectivity index is 1.43. The summed E-state index contributed by atoms with van der Waals surface area (Å²) in [6.07, 6.45) is 2.90. The number of amides is 1. The number of aromatic nitrogens is 3. The van der Waals surface area contributed by atoms with Gasteiger partial charge in [0.2, 0.25) is 11.0 Å². The Bertz CT molecular complexity index is 1370. The zero-order chi connectivity index (χ0) is 22.2. The van der Waals surface area contributed by atoms with E-state index in [1.54, 1.807) is 11.3 Å². The van der Waals surface area contributed by atoms with E-state index in [4.69, 9.17) is 10.1 Å². The molecule has 0 spiro atoms. The minimum absolute atomic E-state index is 0.0654. The molecule has 0 atom stereocenters. The van der Waals surface area contributed by atoms with Crippen molar-refractivity contribution in [2.75, 3.05) is 5.32 Å². The van der Waals surface area contributed by atoms with Gasteiger partial charge in [-0.25, -0.2) is 4.98 Å². The van der Waals surface area contributed by atoms with Crippen molar-refractivity contribution in [1.82, 2.24) is 14.8 Å². The number of aryl methyl sites for hydroxylation is 1. The molecule has 1 aliphatic carbocycles. The van der Waals surface area contributed by atoms with Crippen molar-refractivity contribution in [3.05, 3.63) is 107 Å². The molecule has 0 fully saturated rings. The van der Waals surface area contributed by atoms with Crippen LogP contribution in [0.3, 0.4) is 0 Å². The number of rotatable bonds is 5. The standard InChI is InChI=1S/C27H22N4OS/c32-26(24(18-10-3-1-4-11-18)19-12-5-2-6-13-19)29-25-20-14-9-16-21(20)30-31(25)27-28-22-15-7-8-17-23(22)33-27/h1-8,10-13,15,17,24H,9,14,16H2,(H,29,32). The molecule has 5 nitrogen and oxygen atoms in total. The van der Waals surface area contributed by atoms with Gasteiger partial charge < -0.3 is 5.32 Å². The summed E-state index contributed by atoms with van der Waals surface area (Å²) in [5, 5.41) is 8.90. The van der Waals surface area contributed by atoms with E-state index >= 15 is 0 Å². The van der Waals surface area contributed by atoms with E-state index < -0.39 is 5.92 Å². The second-order valence-electron chi connectivity index (χ2n) is 8.25. The van der Waals surface area contributed by atoms with Crippen molar-refractivity contribution in [1.29, 1.82) is 0 Å². The Kier molecular flexibility index (Phi) is 5.00. The number of carbonyl (C=O) groups excluding carboxylic acids is 1. The summed E-state index contributed by atoms with van der Waals surface area (Å²) in [5.74, 6) is 0.274. The van der Waals surface area contributed by atoms with Gasteiger partial charge in [0.05, 0.1) is 21.8 Å². The molecule has 1 N–H and O–H groups in total. The minimum atomic E-state index is -0.414. The van der Waals surface area contributed by atoms with Crippen molar-refractivity contribution in [2.24, 2.45) is 0 Å². The van der Waals surface area contributed by atoms with E-state index in [-0.39, 0.29) is 5.91 Å². The van der Waals surface area contributed by atoms with Crippen LogP contribution >= 0.6 is 11.3 Å². The molecule has 3 aromatic carbocycles. The molecule has 0 aliphatic heterocycles. The van der Waals surface area contributed by atoms with Crippen LogP contribution in [-0.4, -0.2) is 20.7 Å². The van der Waals surface area contributed by atoms with E-state index in [0.717, 1.165) is 62.8 Å². The third-order valence-electron chi connectivity index (χ3n) is 6.14. The fourth-order valence-corrected chi connectivity index (χ4v) is 5.51. The zero-order valence-electron chi connectivity index (χ0n) is 17.9. The van der Waals surface area contributed by atoms with Gasteiger partial charge in [-0.2, -0.15) is 9.78 Å². The van der Waals surface area contributed by atoms with Crippen molar-refractivity contribution < 1.29 is 4.79 Å². The Morgan fingerprint density at radius 2 is 1.55 bits per heavy atom. The van der Waals surface area contributed by atoms with Crippen LogP contribution in [0.15, 0.2) is 84.9 Å². The lowest BCUT2D eigenvalue weighted by Gasteiger charge is -2.18. The van der Waals surface area contributed by atoms with E-state index in [1.807, 2.05) is 83.5 Å². The molecule has 1 aliphatic rings. The molecule has 1 amide bonds. The molecule has 2 heterocycles. The van der Waals surface area contributed by atoms with Crippen LogP contribution in [0.5, 0.6) is 0 Å².